The molecule has 1 heterocycles. The number of rotatable bonds is 5. The number of hydrogen-bond acceptors (Lipinski definition) is 2. The van der Waals surface area contributed by atoms with Gasteiger partial charge in [-0.15, -0.1) is 0 Å². The number of nitrogens with zero attached hydrogens (tertiary/aromatic N) is 1. The highest BCUT2D eigenvalue weighted by Crippen LogP contribution is 2.26. The molecule has 2 rings (SSSR count). The van der Waals surface area contributed by atoms with Gasteiger partial charge in [0.15, 0.2) is 0 Å². The molecule has 0 radical (unpaired) electrons. The van der Waals surface area contributed by atoms with E-state index in [1.807, 2.05) is 12.3 Å². The molecule has 0 unspecified atom stereocenters. The van der Waals surface area contributed by atoms with Crippen LogP contribution in [0.25, 0.3) is 0 Å². The fraction of sp³-hybridized carbons (Fsp3) is 0.643. The predicted octanol–water partition coefficient (Wildman–Crippen LogP) is 3.06. The zero-order valence-electron chi connectivity index (χ0n) is 10.2. The summed E-state index contributed by atoms with van der Waals surface area (Å²) in [6.45, 7) is 4.19. The van der Waals surface area contributed by atoms with Crippen molar-refractivity contribution in [2.75, 3.05) is 6.54 Å². The Hall–Kier alpha value is -0.890. The van der Waals surface area contributed by atoms with Crippen LogP contribution in [0.15, 0.2) is 18.3 Å². The molecule has 0 spiro atoms. The quantitative estimate of drug-likeness (QED) is 0.768. The van der Waals surface area contributed by atoms with Gasteiger partial charge in [-0.05, 0) is 37.4 Å². The average Bonchev–Trinajstić information content (AvgIpc) is 2.79. The summed E-state index contributed by atoms with van der Waals surface area (Å²) in [6.07, 6.45) is 9.01. The Bertz CT molecular complexity index is 316. The number of aryl methyl sites for hydroxylation is 1. The van der Waals surface area contributed by atoms with E-state index in [1.54, 1.807) is 0 Å². The third-order valence-corrected chi connectivity index (χ3v) is 3.64. The average molecular weight is 218 g/mol. The lowest BCUT2D eigenvalue weighted by atomic mass is 10.0. The molecule has 1 saturated carbocycles. The second-order valence-electron chi connectivity index (χ2n) is 4.86. The molecular weight excluding hydrogens is 196 g/mol. The molecule has 0 aliphatic heterocycles. The van der Waals surface area contributed by atoms with Crippen LogP contribution in [-0.4, -0.2) is 11.5 Å². The molecule has 0 atom stereocenters. The maximum absolute atomic E-state index is 4.30. The van der Waals surface area contributed by atoms with E-state index in [0.717, 1.165) is 24.7 Å². The smallest absolute Gasteiger partial charge is 0.0417 e. The number of hydrogen-bond donors (Lipinski definition) is 1. The van der Waals surface area contributed by atoms with E-state index in [4.69, 9.17) is 0 Å². The summed E-state index contributed by atoms with van der Waals surface area (Å²) in [5.41, 5.74) is 2.48. The Morgan fingerprint density at radius 1 is 1.38 bits per heavy atom. The van der Waals surface area contributed by atoms with Gasteiger partial charge in [0.2, 0.25) is 0 Å². The molecular formula is C14H22N2. The van der Waals surface area contributed by atoms with Crippen molar-refractivity contribution < 1.29 is 0 Å². The third kappa shape index (κ3) is 3.31. The van der Waals surface area contributed by atoms with E-state index < -0.39 is 0 Å². The lowest BCUT2D eigenvalue weighted by Crippen LogP contribution is -2.17. The first-order chi connectivity index (χ1) is 7.86. The predicted molar refractivity (Wildman–Crippen MR) is 67.3 cm³/mol. The van der Waals surface area contributed by atoms with E-state index in [-0.39, 0.29) is 0 Å². The number of pyridine rings is 1. The lowest BCUT2D eigenvalue weighted by Gasteiger charge is -2.10. The van der Waals surface area contributed by atoms with Crippen LogP contribution in [0, 0.1) is 12.8 Å². The summed E-state index contributed by atoms with van der Waals surface area (Å²) in [7, 11) is 0. The molecule has 1 aromatic heterocycles. The summed E-state index contributed by atoms with van der Waals surface area (Å²) in [4.78, 5) is 4.30. The number of nitrogens with one attached hydrogen (secondary N) is 1. The Kier molecular flexibility index (Phi) is 4.34. The van der Waals surface area contributed by atoms with Gasteiger partial charge in [-0.25, -0.2) is 0 Å². The molecule has 1 aromatic rings. The third-order valence-electron chi connectivity index (χ3n) is 3.64. The van der Waals surface area contributed by atoms with Crippen LogP contribution in [-0.2, 0) is 6.54 Å². The molecule has 0 bridgehead atoms. The van der Waals surface area contributed by atoms with Crippen LogP contribution in [0.2, 0.25) is 0 Å². The van der Waals surface area contributed by atoms with Gasteiger partial charge in [0.05, 0.1) is 0 Å². The second kappa shape index (κ2) is 6.00. The van der Waals surface area contributed by atoms with Gasteiger partial charge in [0.1, 0.15) is 0 Å². The minimum Gasteiger partial charge on any atom is -0.313 e. The van der Waals surface area contributed by atoms with Crippen molar-refractivity contribution >= 4 is 0 Å². The van der Waals surface area contributed by atoms with Gasteiger partial charge < -0.3 is 5.32 Å². The minimum atomic E-state index is 0.965. The van der Waals surface area contributed by atoms with Gasteiger partial charge >= 0.3 is 0 Å². The molecule has 2 nitrogen and oxygen atoms in total. The summed E-state index contributed by atoms with van der Waals surface area (Å²) in [5.74, 6) is 0.988. The van der Waals surface area contributed by atoms with Gasteiger partial charge in [-0.1, -0.05) is 31.7 Å². The van der Waals surface area contributed by atoms with Crippen molar-refractivity contribution in [3.05, 3.63) is 29.6 Å². The van der Waals surface area contributed by atoms with Crippen LogP contribution in [0.3, 0.4) is 0 Å². The van der Waals surface area contributed by atoms with Gasteiger partial charge in [-0.2, -0.15) is 0 Å². The molecule has 1 aliphatic carbocycles. The highest BCUT2D eigenvalue weighted by molar-refractivity contribution is 5.17. The summed E-state index contributed by atoms with van der Waals surface area (Å²) >= 11 is 0. The molecule has 88 valence electrons. The van der Waals surface area contributed by atoms with Crippen LogP contribution in [0.1, 0.15) is 43.4 Å². The fourth-order valence-corrected chi connectivity index (χ4v) is 2.53. The van der Waals surface area contributed by atoms with Crippen molar-refractivity contribution in [3.63, 3.8) is 0 Å². The van der Waals surface area contributed by atoms with Gasteiger partial charge in [-0.3, -0.25) is 4.98 Å². The van der Waals surface area contributed by atoms with Crippen LogP contribution in [0.4, 0.5) is 0 Å². The summed E-state index contributed by atoms with van der Waals surface area (Å²) < 4.78 is 0. The first-order valence-electron chi connectivity index (χ1n) is 6.47. The molecule has 1 fully saturated rings. The van der Waals surface area contributed by atoms with E-state index in [9.17, 15) is 0 Å². The highest BCUT2D eigenvalue weighted by Gasteiger charge is 2.13. The van der Waals surface area contributed by atoms with Crippen LogP contribution >= 0.6 is 0 Å². The van der Waals surface area contributed by atoms with Gasteiger partial charge in [0.25, 0.3) is 0 Å². The largest absolute Gasteiger partial charge is 0.313 e. The Morgan fingerprint density at radius 2 is 2.19 bits per heavy atom. The first-order valence-corrected chi connectivity index (χ1v) is 6.47. The molecule has 2 heteroatoms. The molecule has 0 amide bonds. The Morgan fingerprint density at radius 3 is 2.94 bits per heavy atom. The Labute approximate surface area is 98.5 Å². The SMILES string of the molecule is Cc1ncccc1CNCCC1CCCC1. The van der Waals surface area contributed by atoms with E-state index in [0.29, 0.717) is 0 Å². The van der Waals surface area contributed by atoms with Crippen molar-refractivity contribution in [2.45, 2.75) is 45.6 Å². The Balaban J connectivity index is 1.66. The molecule has 16 heavy (non-hydrogen) atoms. The second-order valence-corrected chi connectivity index (χ2v) is 4.86. The molecule has 0 aromatic carbocycles. The fourth-order valence-electron chi connectivity index (χ4n) is 2.53. The van der Waals surface area contributed by atoms with Crippen molar-refractivity contribution in [3.8, 4) is 0 Å². The van der Waals surface area contributed by atoms with E-state index in [1.165, 1.54) is 37.7 Å². The normalized spacial score (nSPS) is 16.8. The molecule has 1 N–H and O–H groups in total. The standard InChI is InChI=1S/C14H22N2/c1-12-14(7-4-9-16-12)11-15-10-8-13-5-2-3-6-13/h4,7,9,13,15H,2-3,5-6,8,10-11H2,1H3. The van der Waals surface area contributed by atoms with Crippen LogP contribution < -0.4 is 5.32 Å². The van der Waals surface area contributed by atoms with Crippen molar-refractivity contribution in [2.24, 2.45) is 5.92 Å². The number of aromatic nitrogens is 1. The summed E-state index contributed by atoms with van der Waals surface area (Å²) in [5, 5.41) is 3.53. The molecule has 1 aliphatic rings. The minimum absolute atomic E-state index is 0.965. The topological polar surface area (TPSA) is 24.9 Å². The van der Waals surface area contributed by atoms with Gasteiger partial charge in [0, 0.05) is 18.4 Å². The van der Waals surface area contributed by atoms with E-state index in [2.05, 4.69) is 23.3 Å². The first kappa shape index (κ1) is 11.6. The monoisotopic (exact) mass is 218 g/mol. The summed E-state index contributed by atoms with van der Waals surface area (Å²) in [6, 6.07) is 4.17. The van der Waals surface area contributed by atoms with Crippen molar-refractivity contribution in [1.29, 1.82) is 0 Å². The zero-order valence-corrected chi connectivity index (χ0v) is 10.2. The zero-order chi connectivity index (χ0) is 11.2. The van der Waals surface area contributed by atoms with E-state index >= 15 is 0 Å². The molecule has 0 saturated heterocycles. The highest BCUT2D eigenvalue weighted by atomic mass is 14.9. The maximum atomic E-state index is 4.30. The lowest BCUT2D eigenvalue weighted by molar-refractivity contribution is 0.477. The van der Waals surface area contributed by atoms with Crippen LogP contribution in [0.5, 0.6) is 0 Å². The maximum Gasteiger partial charge on any atom is 0.0417 e. The van der Waals surface area contributed by atoms with Crippen molar-refractivity contribution in [1.82, 2.24) is 10.3 Å².